The smallest absolute Gasteiger partial charge is 0.255 e. The first-order chi connectivity index (χ1) is 29.2. The average molecular weight is 809 g/mol. The van der Waals surface area contributed by atoms with Crippen molar-refractivity contribution in [3.05, 3.63) is 160 Å². The van der Waals surface area contributed by atoms with Gasteiger partial charge in [0.2, 0.25) is 11.8 Å². The molecule has 0 saturated heterocycles. The number of rotatable bonds is 13. The van der Waals surface area contributed by atoms with E-state index in [0.29, 0.717) is 42.1 Å². The molecule has 1 saturated carbocycles. The number of hydrogen-bond acceptors (Lipinski definition) is 7. The topological polar surface area (TPSA) is 127 Å². The molecule has 2 N–H and O–H groups in total. The monoisotopic (exact) mass is 808 g/mol. The summed E-state index contributed by atoms with van der Waals surface area (Å²) in [6.07, 6.45) is 4.97. The van der Waals surface area contributed by atoms with Crippen LogP contribution in [0.5, 0.6) is 17.2 Å². The zero-order chi connectivity index (χ0) is 42.2. The third-order valence-corrected chi connectivity index (χ3v) is 11.6. The Balaban J connectivity index is 0.000000185. The Hall–Kier alpha value is -6.62. The molecule has 0 bridgehead atoms. The maximum Gasteiger partial charge on any atom is 0.255 e. The van der Waals surface area contributed by atoms with E-state index in [1.54, 1.807) is 43.3 Å². The molecular weight excluding hydrogens is 757 g/mol. The molecule has 5 aromatic carbocycles. The van der Waals surface area contributed by atoms with Crippen molar-refractivity contribution in [1.82, 2.24) is 20.4 Å². The molecule has 4 amide bonds. The van der Waals surface area contributed by atoms with Gasteiger partial charge in [0.15, 0.2) is 11.5 Å². The minimum absolute atomic E-state index is 0.0805. The first-order valence-corrected chi connectivity index (χ1v) is 20.5. The van der Waals surface area contributed by atoms with Gasteiger partial charge in [-0.2, -0.15) is 0 Å². The van der Waals surface area contributed by atoms with Gasteiger partial charge in [-0.05, 0) is 90.4 Å². The van der Waals surface area contributed by atoms with E-state index in [1.165, 1.54) is 0 Å². The van der Waals surface area contributed by atoms with E-state index in [4.69, 9.17) is 14.2 Å². The van der Waals surface area contributed by atoms with Crippen molar-refractivity contribution in [2.75, 3.05) is 27.9 Å². The molecule has 1 fully saturated rings. The highest BCUT2D eigenvalue weighted by Crippen LogP contribution is 2.40. The van der Waals surface area contributed by atoms with Crippen molar-refractivity contribution >= 4 is 23.6 Å². The Labute approximate surface area is 351 Å². The van der Waals surface area contributed by atoms with E-state index in [9.17, 15) is 19.2 Å². The number of amides is 4. The van der Waals surface area contributed by atoms with Gasteiger partial charge in [-0.1, -0.05) is 97.8 Å². The van der Waals surface area contributed by atoms with Crippen LogP contribution in [0.15, 0.2) is 121 Å². The van der Waals surface area contributed by atoms with Crippen molar-refractivity contribution in [1.29, 1.82) is 0 Å². The molecule has 11 nitrogen and oxygen atoms in total. The lowest BCUT2D eigenvalue weighted by Gasteiger charge is -2.31. The summed E-state index contributed by atoms with van der Waals surface area (Å²) >= 11 is 0. The van der Waals surface area contributed by atoms with Crippen LogP contribution in [0, 0.1) is 0 Å². The van der Waals surface area contributed by atoms with Crippen molar-refractivity contribution < 1.29 is 33.4 Å². The van der Waals surface area contributed by atoms with Gasteiger partial charge < -0.3 is 34.6 Å². The third-order valence-electron chi connectivity index (χ3n) is 11.6. The molecule has 2 heterocycles. The van der Waals surface area contributed by atoms with Crippen LogP contribution in [0.25, 0.3) is 0 Å². The SMILES string of the molecule is COc1ccc(CCNC(=O)C2c3ccccc3C(=O)N2C(C)c2ccccc2)cc1OC.COc1cccc(CN2C(=O)c3ccccc3C2C(=O)NC2CCCC2)c1. The van der Waals surface area contributed by atoms with Gasteiger partial charge in [-0.25, -0.2) is 0 Å². The van der Waals surface area contributed by atoms with Gasteiger partial charge in [-0.15, -0.1) is 0 Å². The average Bonchev–Trinajstić information content (AvgIpc) is 3.98. The van der Waals surface area contributed by atoms with Crippen LogP contribution in [0.4, 0.5) is 0 Å². The van der Waals surface area contributed by atoms with Crippen molar-refractivity contribution in [3.63, 3.8) is 0 Å². The summed E-state index contributed by atoms with van der Waals surface area (Å²) in [5.74, 6) is 1.57. The summed E-state index contributed by atoms with van der Waals surface area (Å²) in [7, 11) is 4.81. The number of fused-ring (bicyclic) bond motifs is 2. The van der Waals surface area contributed by atoms with Crippen LogP contribution < -0.4 is 24.8 Å². The second-order valence-corrected chi connectivity index (χ2v) is 15.3. The van der Waals surface area contributed by atoms with Crippen LogP contribution in [0.2, 0.25) is 0 Å². The summed E-state index contributed by atoms with van der Waals surface area (Å²) < 4.78 is 15.9. The number of carbonyl (C=O) groups excluding carboxylic acids is 4. The first kappa shape index (κ1) is 41.5. The zero-order valence-corrected chi connectivity index (χ0v) is 34.6. The summed E-state index contributed by atoms with van der Waals surface area (Å²) in [6, 6.07) is 36.6. The Kier molecular flexibility index (Phi) is 13.1. The van der Waals surface area contributed by atoms with E-state index >= 15 is 0 Å². The van der Waals surface area contributed by atoms with Gasteiger partial charge in [-0.3, -0.25) is 19.2 Å². The second-order valence-electron chi connectivity index (χ2n) is 15.3. The fourth-order valence-corrected chi connectivity index (χ4v) is 8.49. The van der Waals surface area contributed by atoms with E-state index in [2.05, 4.69) is 10.6 Å². The zero-order valence-electron chi connectivity index (χ0n) is 34.6. The van der Waals surface area contributed by atoms with Gasteiger partial charge in [0.05, 0.1) is 27.4 Å². The number of methoxy groups -OCH3 is 3. The molecule has 2 aliphatic heterocycles. The highest BCUT2D eigenvalue weighted by Gasteiger charge is 2.44. The van der Waals surface area contributed by atoms with Crippen LogP contribution >= 0.6 is 0 Å². The molecule has 11 heteroatoms. The fourth-order valence-electron chi connectivity index (χ4n) is 8.49. The molecule has 3 unspecified atom stereocenters. The number of hydrogen-bond donors (Lipinski definition) is 2. The molecule has 0 radical (unpaired) electrons. The molecular formula is C49H52N4O7. The largest absolute Gasteiger partial charge is 0.497 e. The number of ether oxygens (including phenoxy) is 3. The standard InChI is InChI=1S/C27H28N2O4.C22H24N2O3/c1-18(20-9-5-4-6-10-20)29-25(21-11-7-8-12-22(21)27(29)31)26(30)28-16-15-19-13-14-23(32-2)24(17-19)33-3;1-27-17-10-6-7-15(13-17)14-24-20(21(25)23-16-8-2-3-9-16)18-11-4-5-12-19(18)22(24)26/h4-14,17-18,25H,15-16H2,1-3H3,(H,28,30);4-7,10-13,16,20H,2-3,8-9,14H2,1H3,(H,23,25). The highest BCUT2D eigenvalue weighted by molar-refractivity contribution is 6.05. The number of nitrogens with one attached hydrogen (secondary N) is 2. The number of carbonyl (C=O) groups is 4. The van der Waals surface area contributed by atoms with Crippen molar-refractivity contribution in [2.45, 2.75) is 69.7 Å². The summed E-state index contributed by atoms with van der Waals surface area (Å²) in [4.78, 5) is 56.1. The van der Waals surface area contributed by atoms with Crippen LogP contribution in [0.3, 0.4) is 0 Å². The van der Waals surface area contributed by atoms with Gasteiger partial charge in [0.1, 0.15) is 17.8 Å². The van der Waals surface area contributed by atoms with E-state index in [0.717, 1.165) is 59.3 Å². The quantitative estimate of drug-likeness (QED) is 0.125. The third kappa shape index (κ3) is 8.85. The predicted molar refractivity (Wildman–Crippen MR) is 229 cm³/mol. The Bertz CT molecular complexity index is 2330. The van der Waals surface area contributed by atoms with Crippen molar-refractivity contribution in [2.24, 2.45) is 0 Å². The van der Waals surface area contributed by atoms with Crippen LogP contribution in [-0.2, 0) is 22.6 Å². The maximum absolute atomic E-state index is 13.4. The number of benzene rings is 5. The summed E-state index contributed by atoms with van der Waals surface area (Å²) in [5.41, 5.74) is 5.68. The molecule has 3 atom stereocenters. The summed E-state index contributed by atoms with van der Waals surface area (Å²) in [6.45, 7) is 2.77. The lowest BCUT2D eigenvalue weighted by Crippen LogP contribution is -2.42. The Morgan fingerprint density at radius 2 is 1.32 bits per heavy atom. The normalized spacial score (nSPS) is 17.3. The van der Waals surface area contributed by atoms with Gasteiger partial charge >= 0.3 is 0 Å². The fraction of sp³-hybridized carbons (Fsp3) is 0.306. The van der Waals surface area contributed by atoms with E-state index < -0.39 is 12.1 Å². The minimum atomic E-state index is -0.672. The highest BCUT2D eigenvalue weighted by atomic mass is 16.5. The van der Waals surface area contributed by atoms with Crippen LogP contribution in [-0.4, -0.2) is 67.3 Å². The van der Waals surface area contributed by atoms with E-state index in [1.807, 2.05) is 116 Å². The Morgan fingerprint density at radius 3 is 2.00 bits per heavy atom. The second kappa shape index (κ2) is 19.0. The molecule has 0 spiro atoms. The molecule has 1 aliphatic carbocycles. The lowest BCUT2D eigenvalue weighted by atomic mass is 10.0. The maximum atomic E-state index is 13.4. The molecule has 8 rings (SSSR count). The molecule has 3 aliphatic rings. The minimum Gasteiger partial charge on any atom is -0.497 e. The Morgan fingerprint density at radius 1 is 0.667 bits per heavy atom. The summed E-state index contributed by atoms with van der Waals surface area (Å²) in [5, 5.41) is 6.20. The molecule has 60 heavy (non-hydrogen) atoms. The van der Waals surface area contributed by atoms with E-state index in [-0.39, 0.29) is 35.7 Å². The lowest BCUT2D eigenvalue weighted by molar-refractivity contribution is -0.127. The first-order valence-electron chi connectivity index (χ1n) is 20.5. The predicted octanol–water partition coefficient (Wildman–Crippen LogP) is 7.77. The van der Waals surface area contributed by atoms with Crippen molar-refractivity contribution in [3.8, 4) is 17.2 Å². The molecule has 0 aromatic heterocycles. The molecule has 310 valence electrons. The van der Waals surface area contributed by atoms with Gasteiger partial charge in [0.25, 0.3) is 11.8 Å². The number of nitrogens with zero attached hydrogens (tertiary/aromatic N) is 2. The van der Waals surface area contributed by atoms with Crippen LogP contribution in [0.1, 0.15) is 99.3 Å². The molecule has 5 aromatic rings. The van der Waals surface area contributed by atoms with Gasteiger partial charge in [0, 0.05) is 30.3 Å².